The van der Waals surface area contributed by atoms with E-state index < -0.39 is 0 Å². The van der Waals surface area contributed by atoms with E-state index in [1.807, 2.05) is 35.7 Å². The van der Waals surface area contributed by atoms with Crippen molar-refractivity contribution >= 4 is 11.6 Å². The maximum absolute atomic E-state index is 11.9. The predicted molar refractivity (Wildman–Crippen MR) is 70.5 cm³/mol. The van der Waals surface area contributed by atoms with Crippen LogP contribution in [0.2, 0.25) is 0 Å². The zero-order valence-corrected chi connectivity index (χ0v) is 10.8. The van der Waals surface area contributed by atoms with Gasteiger partial charge in [-0.15, -0.1) is 10.2 Å². The van der Waals surface area contributed by atoms with Gasteiger partial charge in [0.25, 0.3) is 0 Å². The van der Waals surface area contributed by atoms with E-state index in [4.69, 9.17) is 0 Å². The summed E-state index contributed by atoms with van der Waals surface area (Å²) < 4.78 is 1.90. The van der Waals surface area contributed by atoms with Gasteiger partial charge in [0.2, 0.25) is 5.91 Å². The maximum atomic E-state index is 11.9. The zero-order chi connectivity index (χ0) is 13.2. The van der Waals surface area contributed by atoms with Gasteiger partial charge in [-0.2, -0.15) is 0 Å². The lowest BCUT2D eigenvalue weighted by Gasteiger charge is -2.26. The standard InChI is InChI=1S/C13H17N5O/c1-9(15-12(19)6-10-7-14-8-10)13-17-16-11-4-2-3-5-18(11)13/h2-5,9-10,14H,6-8H2,1H3,(H,15,19). The first kappa shape index (κ1) is 12.1. The predicted octanol–water partition coefficient (Wildman–Crippen LogP) is 0.516. The highest BCUT2D eigenvalue weighted by atomic mass is 16.1. The molecule has 0 spiro atoms. The van der Waals surface area contributed by atoms with Crippen molar-refractivity contribution in [3.05, 3.63) is 30.2 Å². The van der Waals surface area contributed by atoms with Crippen molar-refractivity contribution in [2.45, 2.75) is 19.4 Å². The van der Waals surface area contributed by atoms with Gasteiger partial charge in [-0.1, -0.05) is 6.07 Å². The minimum absolute atomic E-state index is 0.0756. The van der Waals surface area contributed by atoms with Gasteiger partial charge in [-0.05, 0) is 38.1 Å². The number of hydrogen-bond donors (Lipinski definition) is 2. The van der Waals surface area contributed by atoms with Crippen molar-refractivity contribution in [1.82, 2.24) is 25.2 Å². The molecule has 1 unspecified atom stereocenters. The van der Waals surface area contributed by atoms with E-state index in [1.165, 1.54) is 0 Å². The number of fused-ring (bicyclic) bond motifs is 1. The third kappa shape index (κ3) is 2.44. The Bertz CT molecular complexity index is 589. The van der Waals surface area contributed by atoms with Crippen LogP contribution < -0.4 is 10.6 Å². The number of carbonyl (C=O) groups is 1. The Morgan fingerprint density at radius 1 is 1.53 bits per heavy atom. The molecule has 100 valence electrons. The highest BCUT2D eigenvalue weighted by molar-refractivity contribution is 5.76. The summed E-state index contributed by atoms with van der Waals surface area (Å²) in [5.41, 5.74) is 0.793. The number of carbonyl (C=O) groups excluding carboxylic acids is 1. The Kier molecular flexibility index (Phi) is 3.16. The van der Waals surface area contributed by atoms with Crippen LogP contribution >= 0.6 is 0 Å². The molecule has 0 radical (unpaired) electrons. The van der Waals surface area contributed by atoms with Crippen molar-refractivity contribution in [2.75, 3.05) is 13.1 Å². The molecule has 6 nitrogen and oxygen atoms in total. The van der Waals surface area contributed by atoms with Gasteiger partial charge in [-0.3, -0.25) is 9.20 Å². The van der Waals surface area contributed by atoms with Crippen molar-refractivity contribution in [1.29, 1.82) is 0 Å². The number of aromatic nitrogens is 3. The van der Waals surface area contributed by atoms with Gasteiger partial charge in [0.05, 0.1) is 6.04 Å². The summed E-state index contributed by atoms with van der Waals surface area (Å²) in [6.07, 6.45) is 2.48. The summed E-state index contributed by atoms with van der Waals surface area (Å²) in [5.74, 6) is 1.31. The molecule has 1 fully saturated rings. The first-order valence-electron chi connectivity index (χ1n) is 6.54. The maximum Gasteiger partial charge on any atom is 0.220 e. The van der Waals surface area contributed by atoms with Crippen molar-refractivity contribution < 1.29 is 4.79 Å². The second-order valence-corrected chi connectivity index (χ2v) is 5.00. The summed E-state index contributed by atoms with van der Waals surface area (Å²) >= 11 is 0. The number of rotatable bonds is 4. The number of nitrogens with one attached hydrogen (secondary N) is 2. The summed E-state index contributed by atoms with van der Waals surface area (Å²) in [4.78, 5) is 11.9. The number of pyridine rings is 1. The molecular weight excluding hydrogens is 242 g/mol. The molecule has 0 saturated carbocycles. The second kappa shape index (κ2) is 4.97. The van der Waals surface area contributed by atoms with Crippen LogP contribution in [0.25, 0.3) is 5.65 Å². The normalized spacial score (nSPS) is 17.1. The Morgan fingerprint density at radius 3 is 3.11 bits per heavy atom. The Balaban J connectivity index is 1.69. The minimum Gasteiger partial charge on any atom is -0.346 e. The fraction of sp³-hybridized carbons (Fsp3) is 0.462. The van der Waals surface area contributed by atoms with Crippen molar-refractivity contribution in [3.8, 4) is 0 Å². The van der Waals surface area contributed by atoms with E-state index >= 15 is 0 Å². The lowest BCUT2D eigenvalue weighted by molar-refractivity contribution is -0.123. The van der Waals surface area contributed by atoms with Crippen LogP contribution in [0.1, 0.15) is 25.2 Å². The smallest absolute Gasteiger partial charge is 0.220 e. The zero-order valence-electron chi connectivity index (χ0n) is 10.8. The topological polar surface area (TPSA) is 71.3 Å². The summed E-state index contributed by atoms with van der Waals surface area (Å²) in [6.45, 7) is 3.81. The molecule has 1 aliphatic heterocycles. The molecule has 19 heavy (non-hydrogen) atoms. The summed E-state index contributed by atoms with van der Waals surface area (Å²) in [5, 5.41) is 14.4. The average Bonchev–Trinajstić information content (AvgIpc) is 2.77. The molecule has 2 aromatic heterocycles. The molecule has 1 amide bonds. The SMILES string of the molecule is CC(NC(=O)CC1CNC1)c1nnc2ccccn12. The van der Waals surface area contributed by atoms with E-state index in [2.05, 4.69) is 20.8 Å². The van der Waals surface area contributed by atoms with Crippen LogP contribution in [0.5, 0.6) is 0 Å². The molecule has 0 aliphatic carbocycles. The molecule has 1 atom stereocenters. The largest absolute Gasteiger partial charge is 0.346 e. The van der Waals surface area contributed by atoms with Crippen LogP contribution in [0.3, 0.4) is 0 Å². The quantitative estimate of drug-likeness (QED) is 0.839. The van der Waals surface area contributed by atoms with E-state index in [9.17, 15) is 4.79 Å². The Morgan fingerprint density at radius 2 is 2.37 bits per heavy atom. The van der Waals surface area contributed by atoms with Gasteiger partial charge < -0.3 is 10.6 Å². The number of nitrogens with zero attached hydrogens (tertiary/aromatic N) is 3. The fourth-order valence-electron chi connectivity index (χ4n) is 2.28. The van der Waals surface area contributed by atoms with Gasteiger partial charge in [-0.25, -0.2) is 0 Å². The monoisotopic (exact) mass is 259 g/mol. The number of amides is 1. The van der Waals surface area contributed by atoms with Gasteiger partial charge >= 0.3 is 0 Å². The molecule has 6 heteroatoms. The highest BCUT2D eigenvalue weighted by Crippen LogP contribution is 2.13. The molecule has 3 heterocycles. The third-order valence-electron chi connectivity index (χ3n) is 3.44. The first-order valence-corrected chi connectivity index (χ1v) is 6.54. The van der Waals surface area contributed by atoms with E-state index in [0.29, 0.717) is 12.3 Å². The molecular formula is C13H17N5O. The van der Waals surface area contributed by atoms with Gasteiger partial charge in [0.1, 0.15) is 0 Å². The summed E-state index contributed by atoms with van der Waals surface area (Å²) in [6, 6.07) is 5.60. The Hall–Kier alpha value is -1.95. The van der Waals surface area contributed by atoms with Gasteiger partial charge in [0, 0.05) is 12.6 Å². The fourth-order valence-corrected chi connectivity index (χ4v) is 2.28. The van der Waals surface area contributed by atoms with Crippen LogP contribution in [0.15, 0.2) is 24.4 Å². The molecule has 0 aromatic carbocycles. The van der Waals surface area contributed by atoms with E-state index in [0.717, 1.165) is 24.6 Å². The van der Waals surface area contributed by atoms with Crippen LogP contribution in [-0.2, 0) is 4.79 Å². The van der Waals surface area contributed by atoms with Crippen LogP contribution in [-0.4, -0.2) is 33.6 Å². The minimum atomic E-state index is -0.141. The van der Waals surface area contributed by atoms with E-state index in [-0.39, 0.29) is 11.9 Å². The molecule has 2 N–H and O–H groups in total. The second-order valence-electron chi connectivity index (χ2n) is 5.00. The van der Waals surface area contributed by atoms with Gasteiger partial charge in [0.15, 0.2) is 11.5 Å². The van der Waals surface area contributed by atoms with E-state index in [1.54, 1.807) is 0 Å². The molecule has 1 aliphatic rings. The van der Waals surface area contributed by atoms with Crippen LogP contribution in [0, 0.1) is 5.92 Å². The molecule has 1 saturated heterocycles. The molecule has 0 bridgehead atoms. The number of hydrogen-bond acceptors (Lipinski definition) is 4. The molecule has 2 aromatic rings. The van der Waals surface area contributed by atoms with Crippen molar-refractivity contribution in [2.24, 2.45) is 5.92 Å². The third-order valence-corrected chi connectivity index (χ3v) is 3.44. The van der Waals surface area contributed by atoms with Crippen LogP contribution in [0.4, 0.5) is 0 Å². The lowest BCUT2D eigenvalue weighted by atomic mass is 9.99. The Labute approximate surface area is 111 Å². The summed E-state index contributed by atoms with van der Waals surface area (Å²) in [7, 11) is 0. The lowest BCUT2D eigenvalue weighted by Crippen LogP contribution is -2.44. The first-order chi connectivity index (χ1) is 9.24. The average molecular weight is 259 g/mol. The van der Waals surface area contributed by atoms with Crippen molar-refractivity contribution in [3.63, 3.8) is 0 Å². The molecule has 3 rings (SSSR count). The highest BCUT2D eigenvalue weighted by Gasteiger charge is 2.22.